The average Bonchev–Trinajstić information content (AvgIpc) is 3.19. The number of thiazole rings is 1. The molecular weight excluding hydrogens is 396 g/mol. The summed E-state index contributed by atoms with van der Waals surface area (Å²) >= 11 is 1.51. The molecule has 0 radical (unpaired) electrons. The van der Waals surface area contributed by atoms with Gasteiger partial charge >= 0.3 is 0 Å². The maximum absolute atomic E-state index is 6.03. The molecule has 0 unspecified atom stereocenters. The van der Waals surface area contributed by atoms with Crippen molar-refractivity contribution < 1.29 is 9.47 Å². The van der Waals surface area contributed by atoms with Gasteiger partial charge in [-0.15, -0.1) is 0 Å². The molecule has 30 heavy (non-hydrogen) atoms. The molecule has 152 valence electrons. The van der Waals surface area contributed by atoms with Gasteiger partial charge in [0.05, 0.1) is 16.4 Å². The molecule has 6 nitrogen and oxygen atoms in total. The Morgan fingerprint density at radius 1 is 0.933 bits per heavy atom. The van der Waals surface area contributed by atoms with Gasteiger partial charge in [0.15, 0.2) is 0 Å². The second-order valence-electron chi connectivity index (χ2n) is 7.35. The van der Waals surface area contributed by atoms with Crippen molar-refractivity contribution in [3.05, 3.63) is 72.8 Å². The fourth-order valence-corrected chi connectivity index (χ4v) is 4.42. The van der Waals surface area contributed by atoms with Crippen molar-refractivity contribution in [2.24, 2.45) is 0 Å². The number of likely N-dealkylation sites (tertiary alicyclic amines) is 1. The smallest absolute Gasteiger partial charge is 0.279 e. The lowest BCUT2D eigenvalue weighted by Crippen LogP contribution is -2.37. The van der Waals surface area contributed by atoms with Gasteiger partial charge in [0.25, 0.3) is 5.19 Å². The Morgan fingerprint density at radius 3 is 2.53 bits per heavy atom. The van der Waals surface area contributed by atoms with E-state index >= 15 is 0 Å². The number of nitrogens with zero attached hydrogens (tertiary/aromatic N) is 4. The molecule has 0 N–H and O–H groups in total. The lowest BCUT2D eigenvalue weighted by atomic mass is 10.1. The number of aromatic nitrogens is 3. The minimum Gasteiger partial charge on any atom is -0.489 e. The average molecular weight is 419 g/mol. The summed E-state index contributed by atoms with van der Waals surface area (Å²) in [7, 11) is 0. The third kappa shape index (κ3) is 4.58. The monoisotopic (exact) mass is 418 g/mol. The SMILES string of the molecule is c1cncc(OC2CCN(Cc3ccc(Oc4nc5ccncc5s4)cc3)CC2)c1. The maximum Gasteiger partial charge on any atom is 0.279 e. The van der Waals surface area contributed by atoms with Crippen LogP contribution in [0.4, 0.5) is 0 Å². The van der Waals surface area contributed by atoms with Crippen LogP contribution in [0.15, 0.2) is 67.3 Å². The number of pyridine rings is 2. The highest BCUT2D eigenvalue weighted by Gasteiger charge is 2.20. The second-order valence-corrected chi connectivity index (χ2v) is 8.34. The van der Waals surface area contributed by atoms with Gasteiger partial charge in [-0.3, -0.25) is 14.9 Å². The van der Waals surface area contributed by atoms with Gasteiger partial charge in [-0.1, -0.05) is 23.5 Å². The zero-order valence-corrected chi connectivity index (χ0v) is 17.3. The highest BCUT2D eigenvalue weighted by atomic mass is 32.1. The lowest BCUT2D eigenvalue weighted by molar-refractivity contribution is 0.0965. The van der Waals surface area contributed by atoms with Crippen LogP contribution in [-0.2, 0) is 6.54 Å². The van der Waals surface area contributed by atoms with Crippen molar-refractivity contribution in [1.82, 2.24) is 19.9 Å². The number of hydrogen-bond donors (Lipinski definition) is 0. The van der Waals surface area contributed by atoms with E-state index in [4.69, 9.17) is 9.47 Å². The summed E-state index contributed by atoms with van der Waals surface area (Å²) in [4.78, 5) is 15.2. The zero-order valence-electron chi connectivity index (χ0n) is 16.5. The standard InChI is InChI=1S/C23H22N4O2S/c1-2-20(14-24-10-1)28-19-8-12-27(13-9-19)16-17-3-5-18(6-4-17)29-23-26-21-7-11-25-15-22(21)30-23/h1-7,10-11,14-15,19H,8-9,12-13,16H2. The molecule has 1 saturated heterocycles. The van der Waals surface area contributed by atoms with Gasteiger partial charge in [0, 0.05) is 38.2 Å². The molecule has 5 rings (SSSR count). The molecule has 7 heteroatoms. The van der Waals surface area contributed by atoms with Crippen LogP contribution in [-0.4, -0.2) is 39.0 Å². The number of hydrogen-bond acceptors (Lipinski definition) is 7. The van der Waals surface area contributed by atoms with Gasteiger partial charge in [0.2, 0.25) is 0 Å². The molecule has 3 aromatic heterocycles. The van der Waals surface area contributed by atoms with Crippen LogP contribution < -0.4 is 9.47 Å². The van der Waals surface area contributed by atoms with E-state index in [2.05, 4.69) is 32.0 Å². The van der Waals surface area contributed by atoms with Crippen LogP contribution in [0.25, 0.3) is 10.2 Å². The van der Waals surface area contributed by atoms with Crippen LogP contribution in [0.5, 0.6) is 16.7 Å². The molecule has 0 bridgehead atoms. The fourth-order valence-electron chi connectivity index (χ4n) is 3.62. The molecule has 0 saturated carbocycles. The largest absolute Gasteiger partial charge is 0.489 e. The summed E-state index contributed by atoms with van der Waals surface area (Å²) in [6.45, 7) is 3.00. The molecule has 0 spiro atoms. The first kappa shape index (κ1) is 19.0. The van der Waals surface area contributed by atoms with Crippen molar-refractivity contribution in [3.8, 4) is 16.7 Å². The summed E-state index contributed by atoms with van der Waals surface area (Å²) in [5, 5.41) is 0.640. The van der Waals surface area contributed by atoms with Crippen LogP contribution in [0.1, 0.15) is 18.4 Å². The normalized spacial score (nSPS) is 15.3. The van der Waals surface area contributed by atoms with Gasteiger partial charge < -0.3 is 9.47 Å². The van der Waals surface area contributed by atoms with Crippen molar-refractivity contribution in [3.63, 3.8) is 0 Å². The first-order valence-electron chi connectivity index (χ1n) is 10.1. The molecule has 4 aromatic rings. The van der Waals surface area contributed by atoms with Crippen LogP contribution in [0, 0.1) is 0 Å². The predicted molar refractivity (Wildman–Crippen MR) is 117 cm³/mol. The third-order valence-corrected chi connectivity index (χ3v) is 6.06. The quantitative estimate of drug-likeness (QED) is 0.443. The molecule has 0 atom stereocenters. The van der Waals surface area contributed by atoms with Gasteiger partial charge in [-0.05, 0) is 48.7 Å². The fraction of sp³-hybridized carbons (Fsp3) is 0.261. The van der Waals surface area contributed by atoms with Crippen molar-refractivity contribution in [2.75, 3.05) is 13.1 Å². The summed E-state index contributed by atoms with van der Waals surface area (Å²) in [6.07, 6.45) is 9.43. The van der Waals surface area contributed by atoms with E-state index < -0.39 is 0 Å². The zero-order chi connectivity index (χ0) is 20.2. The molecule has 1 fully saturated rings. The van der Waals surface area contributed by atoms with Crippen molar-refractivity contribution >= 4 is 21.6 Å². The molecule has 1 aliphatic heterocycles. The topological polar surface area (TPSA) is 60.4 Å². The Labute approximate surface area is 179 Å². The Kier molecular flexibility index (Phi) is 5.54. The molecule has 1 aliphatic rings. The second kappa shape index (κ2) is 8.77. The molecule has 1 aromatic carbocycles. The van der Waals surface area contributed by atoms with Crippen molar-refractivity contribution in [2.45, 2.75) is 25.5 Å². The maximum atomic E-state index is 6.03. The van der Waals surface area contributed by atoms with E-state index in [1.54, 1.807) is 18.6 Å². The number of piperidine rings is 1. The molecule has 0 amide bonds. The molecule has 0 aliphatic carbocycles. The highest BCUT2D eigenvalue weighted by Crippen LogP contribution is 2.30. The first-order valence-corrected chi connectivity index (χ1v) is 10.9. The summed E-state index contributed by atoms with van der Waals surface area (Å²) < 4.78 is 13.0. The van der Waals surface area contributed by atoms with Gasteiger partial charge in [-0.25, -0.2) is 4.98 Å². The van der Waals surface area contributed by atoms with E-state index in [-0.39, 0.29) is 6.10 Å². The van der Waals surface area contributed by atoms with Gasteiger partial charge in [0.1, 0.15) is 17.6 Å². The Bertz CT molecular complexity index is 1060. The van der Waals surface area contributed by atoms with Crippen LogP contribution in [0.2, 0.25) is 0 Å². The van der Waals surface area contributed by atoms with E-state index in [1.807, 2.05) is 36.5 Å². The predicted octanol–water partition coefficient (Wildman–Crippen LogP) is 4.92. The number of ether oxygens (including phenoxy) is 2. The Hall–Kier alpha value is -3.03. The Morgan fingerprint density at radius 2 is 1.77 bits per heavy atom. The van der Waals surface area contributed by atoms with E-state index in [0.717, 1.165) is 54.2 Å². The van der Waals surface area contributed by atoms with E-state index in [0.29, 0.717) is 5.19 Å². The lowest BCUT2D eigenvalue weighted by Gasteiger charge is -2.32. The highest BCUT2D eigenvalue weighted by molar-refractivity contribution is 7.20. The summed E-state index contributed by atoms with van der Waals surface area (Å²) in [5.74, 6) is 1.66. The Balaban J connectivity index is 1.13. The van der Waals surface area contributed by atoms with E-state index in [1.165, 1.54) is 16.9 Å². The first-order chi connectivity index (χ1) is 14.8. The van der Waals surface area contributed by atoms with Crippen LogP contribution >= 0.6 is 11.3 Å². The number of rotatable bonds is 6. The van der Waals surface area contributed by atoms with E-state index in [9.17, 15) is 0 Å². The summed E-state index contributed by atoms with van der Waals surface area (Å²) in [5.41, 5.74) is 2.19. The number of fused-ring (bicyclic) bond motifs is 1. The third-order valence-electron chi connectivity index (χ3n) is 5.18. The minimum atomic E-state index is 0.269. The minimum absolute atomic E-state index is 0.269. The van der Waals surface area contributed by atoms with Gasteiger partial charge in [-0.2, -0.15) is 0 Å². The van der Waals surface area contributed by atoms with Crippen LogP contribution in [0.3, 0.4) is 0 Å². The number of benzene rings is 1. The molecular formula is C23H22N4O2S. The summed E-state index contributed by atoms with van der Waals surface area (Å²) in [6, 6.07) is 14.0. The van der Waals surface area contributed by atoms with Crippen molar-refractivity contribution in [1.29, 1.82) is 0 Å². The molecule has 4 heterocycles.